The quantitative estimate of drug-likeness (QED) is 0.664. The van der Waals surface area contributed by atoms with Crippen molar-refractivity contribution in [1.82, 2.24) is 0 Å². The van der Waals surface area contributed by atoms with E-state index in [1.807, 2.05) is 38.1 Å². The summed E-state index contributed by atoms with van der Waals surface area (Å²) < 4.78 is 12.0. The SMILES string of the molecule is Cc1ccc(C(=O)OC2CC3C4CCC(C4)C3C2OC(=O)c2ccc(C)cc2)cc1. The molecule has 0 N–H and O–H groups in total. The van der Waals surface area contributed by atoms with Gasteiger partial charge >= 0.3 is 11.9 Å². The Morgan fingerprint density at radius 1 is 0.733 bits per heavy atom. The molecule has 30 heavy (non-hydrogen) atoms. The summed E-state index contributed by atoms with van der Waals surface area (Å²) in [5.74, 6) is 1.43. The second-order valence-corrected chi connectivity index (χ2v) is 9.36. The van der Waals surface area contributed by atoms with Gasteiger partial charge in [0.05, 0.1) is 11.1 Å². The van der Waals surface area contributed by atoms with Crippen LogP contribution in [-0.2, 0) is 9.47 Å². The number of hydrogen-bond donors (Lipinski definition) is 0. The molecule has 6 unspecified atom stereocenters. The number of carbonyl (C=O) groups is 2. The summed E-state index contributed by atoms with van der Waals surface area (Å²) in [6.45, 7) is 3.98. The highest BCUT2D eigenvalue weighted by Crippen LogP contribution is 2.60. The smallest absolute Gasteiger partial charge is 0.338 e. The first kappa shape index (κ1) is 19.3. The van der Waals surface area contributed by atoms with Crippen LogP contribution < -0.4 is 0 Å². The Morgan fingerprint density at radius 3 is 1.87 bits per heavy atom. The van der Waals surface area contributed by atoms with Gasteiger partial charge in [-0.25, -0.2) is 9.59 Å². The predicted molar refractivity (Wildman–Crippen MR) is 113 cm³/mol. The second kappa shape index (κ2) is 7.57. The molecule has 0 aliphatic heterocycles. The highest BCUT2D eigenvalue weighted by Gasteiger charge is 2.59. The Balaban J connectivity index is 1.36. The average Bonchev–Trinajstić information content (AvgIpc) is 3.43. The zero-order chi connectivity index (χ0) is 20.8. The molecule has 2 aromatic rings. The maximum Gasteiger partial charge on any atom is 0.338 e. The number of fused-ring (bicyclic) bond motifs is 5. The number of esters is 2. The van der Waals surface area contributed by atoms with Gasteiger partial charge in [0.1, 0.15) is 12.2 Å². The van der Waals surface area contributed by atoms with Crippen molar-refractivity contribution in [1.29, 1.82) is 0 Å². The minimum atomic E-state index is -0.369. The molecular weight excluding hydrogens is 376 g/mol. The third-order valence-corrected chi connectivity index (χ3v) is 7.48. The first-order chi connectivity index (χ1) is 14.5. The third kappa shape index (κ3) is 3.42. The molecule has 3 fully saturated rings. The van der Waals surface area contributed by atoms with Crippen LogP contribution in [0.3, 0.4) is 0 Å². The molecule has 0 aromatic heterocycles. The van der Waals surface area contributed by atoms with E-state index in [-0.39, 0.29) is 24.1 Å². The van der Waals surface area contributed by atoms with Crippen molar-refractivity contribution in [2.75, 3.05) is 0 Å². The van der Waals surface area contributed by atoms with Gasteiger partial charge in [0, 0.05) is 5.92 Å². The fraction of sp³-hybridized carbons (Fsp3) is 0.462. The summed E-state index contributed by atoms with van der Waals surface area (Å²) in [6, 6.07) is 14.9. The molecule has 0 spiro atoms. The lowest BCUT2D eigenvalue weighted by atomic mass is 9.81. The summed E-state index contributed by atoms with van der Waals surface area (Å²) >= 11 is 0. The van der Waals surface area contributed by atoms with Crippen LogP contribution in [-0.4, -0.2) is 24.1 Å². The van der Waals surface area contributed by atoms with E-state index in [2.05, 4.69) is 0 Å². The van der Waals surface area contributed by atoms with Crippen molar-refractivity contribution < 1.29 is 19.1 Å². The first-order valence-corrected chi connectivity index (χ1v) is 11.0. The lowest BCUT2D eigenvalue weighted by Gasteiger charge is -2.29. The van der Waals surface area contributed by atoms with Crippen molar-refractivity contribution in [2.24, 2.45) is 23.7 Å². The van der Waals surface area contributed by atoms with Crippen LogP contribution in [0.4, 0.5) is 0 Å². The van der Waals surface area contributed by atoms with Gasteiger partial charge in [-0.2, -0.15) is 0 Å². The lowest BCUT2D eigenvalue weighted by Crippen LogP contribution is -2.37. The summed E-state index contributed by atoms with van der Waals surface area (Å²) in [7, 11) is 0. The number of carbonyl (C=O) groups excluding carboxylic acids is 2. The standard InChI is InChI=1S/C26H28O4/c1-15-3-7-17(8-4-15)25(27)29-22-14-21-19-11-12-20(13-19)23(21)24(22)30-26(28)18-9-5-16(2)6-10-18/h3-10,19-24H,11-14H2,1-2H3. The molecule has 4 heteroatoms. The molecule has 0 heterocycles. The molecule has 156 valence electrons. The Bertz CT molecular complexity index is 946. The first-order valence-electron chi connectivity index (χ1n) is 11.0. The van der Waals surface area contributed by atoms with Crippen LogP contribution in [0.2, 0.25) is 0 Å². The molecule has 2 bridgehead atoms. The fourth-order valence-corrected chi connectivity index (χ4v) is 6.01. The summed E-state index contributed by atoms with van der Waals surface area (Å²) in [4.78, 5) is 25.7. The zero-order valence-corrected chi connectivity index (χ0v) is 17.5. The molecule has 0 amide bonds. The highest BCUT2D eigenvalue weighted by molar-refractivity contribution is 5.90. The van der Waals surface area contributed by atoms with Crippen molar-refractivity contribution in [3.63, 3.8) is 0 Å². The van der Waals surface area contributed by atoms with Gasteiger partial charge in [-0.15, -0.1) is 0 Å². The molecular formula is C26H28O4. The van der Waals surface area contributed by atoms with E-state index in [0.717, 1.165) is 17.5 Å². The van der Waals surface area contributed by atoms with E-state index in [1.165, 1.54) is 19.3 Å². The zero-order valence-electron chi connectivity index (χ0n) is 17.5. The van der Waals surface area contributed by atoms with Crippen molar-refractivity contribution in [3.8, 4) is 0 Å². The van der Waals surface area contributed by atoms with Crippen LogP contribution in [0.5, 0.6) is 0 Å². The predicted octanol–water partition coefficient (Wildman–Crippen LogP) is 5.12. The molecule has 5 rings (SSSR count). The average molecular weight is 405 g/mol. The molecule has 0 saturated heterocycles. The maximum absolute atomic E-state index is 12.9. The maximum atomic E-state index is 12.9. The van der Waals surface area contributed by atoms with Gasteiger partial charge < -0.3 is 9.47 Å². The van der Waals surface area contributed by atoms with E-state index in [0.29, 0.717) is 34.8 Å². The molecule has 3 aliphatic rings. The molecule has 4 nitrogen and oxygen atoms in total. The van der Waals surface area contributed by atoms with Crippen molar-refractivity contribution in [2.45, 2.75) is 51.7 Å². The Labute approximate surface area is 177 Å². The molecule has 0 radical (unpaired) electrons. The van der Waals surface area contributed by atoms with E-state index < -0.39 is 0 Å². The fourth-order valence-electron chi connectivity index (χ4n) is 6.01. The molecule has 2 aromatic carbocycles. The third-order valence-electron chi connectivity index (χ3n) is 7.48. The Hall–Kier alpha value is -2.62. The monoisotopic (exact) mass is 404 g/mol. The molecule has 6 atom stereocenters. The number of rotatable bonds is 4. The highest BCUT2D eigenvalue weighted by atomic mass is 16.6. The van der Waals surface area contributed by atoms with Crippen LogP contribution in [0.25, 0.3) is 0 Å². The Kier molecular flexibility index (Phi) is 4.88. The van der Waals surface area contributed by atoms with E-state index in [9.17, 15) is 9.59 Å². The van der Waals surface area contributed by atoms with Crippen LogP contribution in [0, 0.1) is 37.5 Å². The van der Waals surface area contributed by atoms with Gasteiger partial charge in [0.2, 0.25) is 0 Å². The second-order valence-electron chi connectivity index (χ2n) is 9.36. The van der Waals surface area contributed by atoms with Gasteiger partial charge in [-0.05, 0) is 81.5 Å². The Morgan fingerprint density at radius 2 is 1.27 bits per heavy atom. The van der Waals surface area contributed by atoms with Crippen LogP contribution in [0.1, 0.15) is 57.5 Å². The number of ether oxygens (including phenoxy) is 2. The largest absolute Gasteiger partial charge is 0.455 e. The summed E-state index contributed by atoms with van der Waals surface area (Å²) in [5, 5.41) is 0. The van der Waals surface area contributed by atoms with E-state index in [1.54, 1.807) is 24.3 Å². The van der Waals surface area contributed by atoms with Gasteiger partial charge in [0.25, 0.3) is 0 Å². The summed E-state index contributed by atoms with van der Waals surface area (Å²) in [6.07, 6.45) is 3.76. The molecule has 3 aliphatic carbocycles. The number of hydrogen-bond acceptors (Lipinski definition) is 4. The van der Waals surface area contributed by atoms with Crippen molar-refractivity contribution >= 4 is 11.9 Å². The van der Waals surface area contributed by atoms with E-state index >= 15 is 0 Å². The number of benzene rings is 2. The minimum Gasteiger partial charge on any atom is -0.455 e. The summed E-state index contributed by atoms with van der Waals surface area (Å²) in [5.41, 5.74) is 3.30. The van der Waals surface area contributed by atoms with Gasteiger partial charge in [-0.3, -0.25) is 0 Å². The lowest BCUT2D eigenvalue weighted by molar-refractivity contribution is -0.0416. The minimum absolute atomic E-state index is 0.314. The van der Waals surface area contributed by atoms with Crippen LogP contribution in [0.15, 0.2) is 48.5 Å². The van der Waals surface area contributed by atoms with E-state index in [4.69, 9.17) is 9.47 Å². The topological polar surface area (TPSA) is 52.6 Å². The molecule has 3 saturated carbocycles. The van der Waals surface area contributed by atoms with Crippen LogP contribution >= 0.6 is 0 Å². The van der Waals surface area contributed by atoms with Gasteiger partial charge in [0.15, 0.2) is 0 Å². The normalized spacial score (nSPS) is 31.4. The number of aryl methyl sites for hydroxylation is 2. The van der Waals surface area contributed by atoms with Gasteiger partial charge in [-0.1, -0.05) is 35.4 Å². The van der Waals surface area contributed by atoms with Crippen molar-refractivity contribution in [3.05, 3.63) is 70.8 Å².